The molecular formula is C12H12BrNO2. The van der Waals surface area contributed by atoms with Crippen LogP contribution in [0.5, 0.6) is 0 Å². The van der Waals surface area contributed by atoms with Gasteiger partial charge < -0.3 is 9.73 Å². The molecule has 0 aliphatic heterocycles. The number of benzene rings is 1. The van der Waals surface area contributed by atoms with Gasteiger partial charge in [-0.05, 0) is 6.07 Å². The van der Waals surface area contributed by atoms with Gasteiger partial charge in [0.2, 0.25) is 0 Å². The molecule has 4 heteroatoms. The van der Waals surface area contributed by atoms with E-state index in [2.05, 4.69) is 21.2 Å². The number of fused-ring (bicyclic) bond motifs is 1. The van der Waals surface area contributed by atoms with Crippen LogP contribution < -0.4 is 5.32 Å². The number of rotatable bonds is 3. The maximum Gasteiger partial charge on any atom is 0.255 e. The molecule has 0 saturated carbocycles. The van der Waals surface area contributed by atoms with Gasteiger partial charge in [-0.2, -0.15) is 0 Å². The first-order valence-electron chi connectivity index (χ1n) is 5.07. The summed E-state index contributed by atoms with van der Waals surface area (Å²) < 4.78 is 5.30. The van der Waals surface area contributed by atoms with Gasteiger partial charge in [-0.3, -0.25) is 4.79 Å². The number of furan rings is 1. The van der Waals surface area contributed by atoms with Crippen LogP contribution in [0.25, 0.3) is 11.0 Å². The second-order valence-electron chi connectivity index (χ2n) is 3.64. The molecule has 0 spiro atoms. The molecule has 2 aromatic rings. The first kappa shape index (κ1) is 11.2. The standard InChI is InChI=1S/C12H12BrNO2/c1-8(13)6-14-12(15)10-7-16-11-5-3-2-4-9(10)11/h2-5,7-8H,6H2,1H3,(H,14,15). The smallest absolute Gasteiger partial charge is 0.255 e. The van der Waals surface area contributed by atoms with E-state index in [0.717, 1.165) is 11.0 Å². The van der Waals surface area contributed by atoms with Crippen LogP contribution in [0.4, 0.5) is 0 Å². The van der Waals surface area contributed by atoms with E-state index in [0.29, 0.717) is 12.1 Å². The average Bonchev–Trinajstić information content (AvgIpc) is 2.69. The quantitative estimate of drug-likeness (QED) is 0.879. The monoisotopic (exact) mass is 281 g/mol. The molecule has 0 bridgehead atoms. The summed E-state index contributed by atoms with van der Waals surface area (Å²) in [5.41, 5.74) is 1.32. The molecule has 0 saturated heterocycles. The van der Waals surface area contributed by atoms with Gasteiger partial charge in [0.15, 0.2) is 0 Å². The molecule has 1 heterocycles. The average molecular weight is 282 g/mol. The predicted octanol–water partition coefficient (Wildman–Crippen LogP) is 2.95. The van der Waals surface area contributed by atoms with Gasteiger partial charge in [-0.15, -0.1) is 0 Å². The molecule has 1 aromatic heterocycles. The summed E-state index contributed by atoms with van der Waals surface area (Å²) >= 11 is 3.38. The van der Waals surface area contributed by atoms with Crippen molar-refractivity contribution in [2.45, 2.75) is 11.8 Å². The summed E-state index contributed by atoms with van der Waals surface area (Å²) in [5.74, 6) is -0.101. The summed E-state index contributed by atoms with van der Waals surface area (Å²) in [5, 5.41) is 3.68. The fourth-order valence-corrected chi connectivity index (χ4v) is 1.64. The Balaban J connectivity index is 2.23. The third-order valence-corrected chi connectivity index (χ3v) is 2.59. The number of alkyl halides is 1. The summed E-state index contributed by atoms with van der Waals surface area (Å²) in [6, 6.07) is 7.50. The minimum Gasteiger partial charge on any atom is -0.463 e. The van der Waals surface area contributed by atoms with Crippen molar-refractivity contribution < 1.29 is 9.21 Å². The second-order valence-corrected chi connectivity index (χ2v) is 5.20. The summed E-state index contributed by atoms with van der Waals surface area (Å²) in [4.78, 5) is 12.1. The third-order valence-electron chi connectivity index (χ3n) is 2.27. The Morgan fingerprint density at radius 1 is 1.50 bits per heavy atom. The molecule has 0 radical (unpaired) electrons. The fourth-order valence-electron chi connectivity index (χ4n) is 1.48. The van der Waals surface area contributed by atoms with Crippen LogP contribution >= 0.6 is 15.9 Å². The van der Waals surface area contributed by atoms with Gasteiger partial charge in [0.25, 0.3) is 5.91 Å². The molecule has 1 unspecified atom stereocenters. The highest BCUT2D eigenvalue weighted by atomic mass is 79.9. The number of nitrogens with one attached hydrogen (secondary N) is 1. The Morgan fingerprint density at radius 2 is 2.25 bits per heavy atom. The van der Waals surface area contributed by atoms with Crippen molar-refractivity contribution in [1.29, 1.82) is 0 Å². The topological polar surface area (TPSA) is 42.2 Å². The van der Waals surface area contributed by atoms with E-state index in [9.17, 15) is 4.79 Å². The molecule has 1 amide bonds. The molecule has 0 aliphatic rings. The Labute approximate surface area is 102 Å². The van der Waals surface area contributed by atoms with Crippen molar-refractivity contribution >= 4 is 32.8 Å². The Hall–Kier alpha value is -1.29. The van der Waals surface area contributed by atoms with Gasteiger partial charge in [-0.1, -0.05) is 41.1 Å². The molecule has 1 aromatic carbocycles. The van der Waals surface area contributed by atoms with Crippen molar-refractivity contribution in [3.8, 4) is 0 Å². The van der Waals surface area contributed by atoms with E-state index in [1.807, 2.05) is 31.2 Å². The zero-order valence-electron chi connectivity index (χ0n) is 8.87. The normalized spacial score (nSPS) is 12.6. The largest absolute Gasteiger partial charge is 0.463 e. The summed E-state index contributed by atoms with van der Waals surface area (Å²) in [6.45, 7) is 2.58. The summed E-state index contributed by atoms with van der Waals surface area (Å²) in [7, 11) is 0. The number of hydrogen-bond acceptors (Lipinski definition) is 2. The van der Waals surface area contributed by atoms with Crippen LogP contribution in [0.2, 0.25) is 0 Å². The van der Waals surface area contributed by atoms with Crippen molar-refractivity contribution in [3.63, 3.8) is 0 Å². The summed E-state index contributed by atoms with van der Waals surface area (Å²) in [6.07, 6.45) is 1.50. The van der Waals surface area contributed by atoms with Crippen LogP contribution in [0.15, 0.2) is 34.9 Å². The number of amides is 1. The number of para-hydroxylation sites is 1. The van der Waals surface area contributed by atoms with E-state index in [-0.39, 0.29) is 10.7 Å². The Morgan fingerprint density at radius 3 is 3.00 bits per heavy atom. The number of carbonyl (C=O) groups excluding carboxylic acids is 1. The van der Waals surface area contributed by atoms with Crippen LogP contribution in [-0.4, -0.2) is 17.3 Å². The molecule has 1 N–H and O–H groups in total. The lowest BCUT2D eigenvalue weighted by Crippen LogP contribution is -2.28. The highest BCUT2D eigenvalue weighted by molar-refractivity contribution is 9.09. The van der Waals surface area contributed by atoms with Crippen LogP contribution in [0.1, 0.15) is 17.3 Å². The predicted molar refractivity (Wildman–Crippen MR) is 66.9 cm³/mol. The Bertz CT molecular complexity index is 504. The van der Waals surface area contributed by atoms with Crippen LogP contribution in [-0.2, 0) is 0 Å². The van der Waals surface area contributed by atoms with Gasteiger partial charge in [0.1, 0.15) is 11.8 Å². The molecule has 1 atom stereocenters. The molecule has 84 valence electrons. The minimum atomic E-state index is -0.101. The van der Waals surface area contributed by atoms with Crippen molar-refractivity contribution in [1.82, 2.24) is 5.32 Å². The molecule has 2 rings (SSSR count). The zero-order chi connectivity index (χ0) is 11.5. The van der Waals surface area contributed by atoms with Gasteiger partial charge in [0, 0.05) is 16.8 Å². The van der Waals surface area contributed by atoms with E-state index in [4.69, 9.17) is 4.42 Å². The van der Waals surface area contributed by atoms with Gasteiger partial charge in [0.05, 0.1) is 5.56 Å². The van der Waals surface area contributed by atoms with E-state index < -0.39 is 0 Å². The Kier molecular flexibility index (Phi) is 3.29. The molecule has 3 nitrogen and oxygen atoms in total. The van der Waals surface area contributed by atoms with Gasteiger partial charge in [-0.25, -0.2) is 0 Å². The van der Waals surface area contributed by atoms with E-state index in [1.165, 1.54) is 6.26 Å². The molecule has 0 aliphatic carbocycles. The van der Waals surface area contributed by atoms with Crippen molar-refractivity contribution in [3.05, 3.63) is 36.1 Å². The van der Waals surface area contributed by atoms with Crippen LogP contribution in [0, 0.1) is 0 Å². The second kappa shape index (κ2) is 4.70. The molecule has 0 fully saturated rings. The fraction of sp³-hybridized carbons (Fsp3) is 0.250. The molecule has 16 heavy (non-hydrogen) atoms. The first-order chi connectivity index (χ1) is 7.68. The maximum atomic E-state index is 11.8. The maximum absolute atomic E-state index is 11.8. The number of halogens is 1. The lowest BCUT2D eigenvalue weighted by Gasteiger charge is -2.04. The van der Waals surface area contributed by atoms with Gasteiger partial charge >= 0.3 is 0 Å². The SMILES string of the molecule is CC(Br)CNC(=O)c1coc2ccccc12. The highest BCUT2D eigenvalue weighted by Gasteiger charge is 2.13. The minimum absolute atomic E-state index is 0.101. The third kappa shape index (κ3) is 2.27. The molecular weight excluding hydrogens is 270 g/mol. The number of carbonyl (C=O) groups is 1. The lowest BCUT2D eigenvalue weighted by molar-refractivity contribution is 0.0955. The first-order valence-corrected chi connectivity index (χ1v) is 5.98. The van der Waals surface area contributed by atoms with Crippen LogP contribution in [0.3, 0.4) is 0 Å². The number of hydrogen-bond donors (Lipinski definition) is 1. The van der Waals surface area contributed by atoms with E-state index >= 15 is 0 Å². The highest BCUT2D eigenvalue weighted by Crippen LogP contribution is 2.20. The zero-order valence-corrected chi connectivity index (χ0v) is 10.5. The lowest BCUT2D eigenvalue weighted by atomic mass is 10.1. The van der Waals surface area contributed by atoms with Crippen molar-refractivity contribution in [2.75, 3.05) is 6.54 Å². The van der Waals surface area contributed by atoms with Crippen molar-refractivity contribution in [2.24, 2.45) is 0 Å². The van der Waals surface area contributed by atoms with E-state index in [1.54, 1.807) is 0 Å².